The van der Waals surface area contributed by atoms with Gasteiger partial charge in [-0.05, 0) is 38.8 Å². The van der Waals surface area contributed by atoms with E-state index in [0.717, 1.165) is 13.2 Å². The minimum absolute atomic E-state index is 0.0395. The number of hydrogen-bond acceptors (Lipinski definition) is 3. The average molecular weight is 251 g/mol. The molecule has 102 valence electrons. The molecule has 1 aromatic carbocycles. The third kappa shape index (κ3) is 4.77. The van der Waals surface area contributed by atoms with Gasteiger partial charge in [-0.1, -0.05) is 24.3 Å². The zero-order valence-corrected chi connectivity index (χ0v) is 11.9. The van der Waals surface area contributed by atoms with E-state index in [9.17, 15) is 5.11 Å². The normalized spacial score (nSPS) is 13.6. The average Bonchev–Trinajstić information content (AvgIpc) is 2.33. The van der Waals surface area contributed by atoms with Crippen molar-refractivity contribution in [1.82, 2.24) is 5.32 Å². The van der Waals surface area contributed by atoms with Crippen LogP contribution in [0.1, 0.15) is 38.8 Å². The van der Waals surface area contributed by atoms with Crippen LogP contribution in [0.2, 0.25) is 0 Å². The monoisotopic (exact) mass is 251 g/mol. The van der Waals surface area contributed by atoms with Gasteiger partial charge in [-0.25, -0.2) is 0 Å². The number of ether oxygens (including phenoxy) is 1. The predicted molar refractivity (Wildman–Crippen MR) is 74.4 cm³/mol. The zero-order valence-electron chi connectivity index (χ0n) is 11.9. The third-order valence-corrected chi connectivity index (χ3v) is 3.24. The van der Waals surface area contributed by atoms with Gasteiger partial charge in [-0.2, -0.15) is 0 Å². The van der Waals surface area contributed by atoms with Crippen LogP contribution in [-0.2, 0) is 17.9 Å². The van der Waals surface area contributed by atoms with Gasteiger partial charge in [0, 0.05) is 19.2 Å². The molecule has 0 heterocycles. The smallest absolute Gasteiger partial charge is 0.0741 e. The van der Waals surface area contributed by atoms with Gasteiger partial charge in [-0.15, -0.1) is 0 Å². The molecule has 1 rings (SSSR count). The first kappa shape index (κ1) is 15.2. The maximum Gasteiger partial charge on any atom is 0.0741 e. The summed E-state index contributed by atoms with van der Waals surface area (Å²) in [6.45, 7) is 9.73. The molecule has 0 radical (unpaired) electrons. The molecule has 0 aliphatic heterocycles. The minimum atomic E-state index is -0.713. The Morgan fingerprint density at radius 1 is 1.28 bits per heavy atom. The summed E-state index contributed by atoms with van der Waals surface area (Å²) in [5.41, 5.74) is 1.71. The van der Waals surface area contributed by atoms with Crippen molar-refractivity contribution >= 4 is 0 Å². The van der Waals surface area contributed by atoms with Crippen molar-refractivity contribution in [2.45, 2.75) is 52.5 Å². The van der Waals surface area contributed by atoms with E-state index in [1.165, 1.54) is 11.1 Å². The lowest BCUT2D eigenvalue weighted by atomic mass is 10.00. The van der Waals surface area contributed by atoms with Crippen LogP contribution in [0.15, 0.2) is 24.3 Å². The summed E-state index contributed by atoms with van der Waals surface area (Å²) in [5, 5.41) is 13.2. The molecule has 1 atom stereocenters. The summed E-state index contributed by atoms with van der Waals surface area (Å²) >= 11 is 0. The van der Waals surface area contributed by atoms with Crippen LogP contribution in [0, 0.1) is 0 Å². The SMILES string of the molecule is CCOCc1ccccc1CNC(C)C(C)(C)O. The van der Waals surface area contributed by atoms with Crippen LogP contribution in [-0.4, -0.2) is 23.4 Å². The Hall–Kier alpha value is -0.900. The lowest BCUT2D eigenvalue weighted by molar-refractivity contribution is 0.0436. The number of aliphatic hydroxyl groups is 1. The summed E-state index contributed by atoms with van der Waals surface area (Å²) in [4.78, 5) is 0. The fourth-order valence-corrected chi connectivity index (χ4v) is 1.60. The Bertz CT molecular complexity index is 358. The molecule has 0 aliphatic rings. The second-order valence-electron chi connectivity index (χ2n) is 5.16. The van der Waals surface area contributed by atoms with Gasteiger partial charge in [-0.3, -0.25) is 0 Å². The lowest BCUT2D eigenvalue weighted by Gasteiger charge is -2.27. The molecule has 2 N–H and O–H groups in total. The molecule has 0 spiro atoms. The highest BCUT2D eigenvalue weighted by Gasteiger charge is 2.21. The lowest BCUT2D eigenvalue weighted by Crippen LogP contribution is -2.44. The second-order valence-corrected chi connectivity index (χ2v) is 5.16. The molecule has 3 heteroatoms. The molecule has 0 saturated heterocycles. The van der Waals surface area contributed by atoms with E-state index in [1.54, 1.807) is 0 Å². The van der Waals surface area contributed by atoms with Crippen LogP contribution >= 0.6 is 0 Å². The van der Waals surface area contributed by atoms with E-state index in [-0.39, 0.29) is 6.04 Å². The summed E-state index contributed by atoms with van der Waals surface area (Å²) < 4.78 is 5.46. The van der Waals surface area contributed by atoms with Crippen LogP contribution in [0.5, 0.6) is 0 Å². The van der Waals surface area contributed by atoms with Crippen LogP contribution < -0.4 is 5.32 Å². The van der Waals surface area contributed by atoms with Crippen molar-refractivity contribution in [2.75, 3.05) is 6.61 Å². The maximum absolute atomic E-state index is 9.89. The highest BCUT2D eigenvalue weighted by Crippen LogP contribution is 2.12. The van der Waals surface area contributed by atoms with Crippen molar-refractivity contribution < 1.29 is 9.84 Å². The van der Waals surface area contributed by atoms with E-state index in [2.05, 4.69) is 17.4 Å². The molecule has 0 saturated carbocycles. The zero-order chi connectivity index (χ0) is 13.6. The van der Waals surface area contributed by atoms with E-state index >= 15 is 0 Å². The maximum atomic E-state index is 9.89. The van der Waals surface area contributed by atoms with Crippen LogP contribution in [0.4, 0.5) is 0 Å². The number of rotatable bonds is 7. The van der Waals surface area contributed by atoms with E-state index in [4.69, 9.17) is 4.74 Å². The van der Waals surface area contributed by atoms with Gasteiger partial charge in [0.2, 0.25) is 0 Å². The summed E-state index contributed by atoms with van der Waals surface area (Å²) in [6, 6.07) is 8.27. The third-order valence-electron chi connectivity index (χ3n) is 3.24. The molecule has 0 fully saturated rings. The highest BCUT2D eigenvalue weighted by molar-refractivity contribution is 5.26. The van der Waals surface area contributed by atoms with E-state index < -0.39 is 5.60 Å². The molecule has 0 bridgehead atoms. The number of hydrogen-bond donors (Lipinski definition) is 2. The Kier molecular flexibility index (Phi) is 5.79. The van der Waals surface area contributed by atoms with E-state index in [0.29, 0.717) is 6.61 Å². The second kappa shape index (κ2) is 6.88. The van der Waals surface area contributed by atoms with Gasteiger partial charge in [0.15, 0.2) is 0 Å². The van der Waals surface area contributed by atoms with Gasteiger partial charge in [0.05, 0.1) is 12.2 Å². The largest absolute Gasteiger partial charge is 0.389 e. The first-order valence-electron chi connectivity index (χ1n) is 6.55. The quantitative estimate of drug-likeness (QED) is 0.782. The first-order chi connectivity index (χ1) is 8.45. The molecule has 0 amide bonds. The Morgan fingerprint density at radius 3 is 2.44 bits per heavy atom. The molecular weight excluding hydrogens is 226 g/mol. The summed E-state index contributed by atoms with van der Waals surface area (Å²) in [5.74, 6) is 0. The molecular formula is C15H25NO2. The topological polar surface area (TPSA) is 41.5 Å². The Labute approximate surface area is 110 Å². The first-order valence-corrected chi connectivity index (χ1v) is 6.55. The predicted octanol–water partition coefficient (Wildman–Crippen LogP) is 2.47. The van der Waals surface area contributed by atoms with Crippen molar-refractivity contribution in [1.29, 1.82) is 0 Å². The van der Waals surface area contributed by atoms with Gasteiger partial charge in [0.25, 0.3) is 0 Å². The minimum Gasteiger partial charge on any atom is -0.389 e. The highest BCUT2D eigenvalue weighted by atomic mass is 16.5. The van der Waals surface area contributed by atoms with Crippen molar-refractivity contribution in [2.24, 2.45) is 0 Å². The van der Waals surface area contributed by atoms with E-state index in [1.807, 2.05) is 39.8 Å². The summed E-state index contributed by atoms with van der Waals surface area (Å²) in [7, 11) is 0. The molecule has 18 heavy (non-hydrogen) atoms. The van der Waals surface area contributed by atoms with Gasteiger partial charge < -0.3 is 15.2 Å². The standard InChI is InChI=1S/C15H25NO2/c1-5-18-11-14-9-7-6-8-13(14)10-16-12(2)15(3,4)17/h6-9,12,16-17H,5,10-11H2,1-4H3. The Balaban J connectivity index is 2.61. The molecule has 1 aromatic rings. The van der Waals surface area contributed by atoms with Crippen LogP contribution in [0.3, 0.4) is 0 Å². The van der Waals surface area contributed by atoms with Gasteiger partial charge in [0.1, 0.15) is 0 Å². The number of nitrogens with one attached hydrogen (secondary N) is 1. The number of benzene rings is 1. The Morgan fingerprint density at radius 2 is 1.89 bits per heavy atom. The molecule has 0 aliphatic carbocycles. The molecule has 0 aromatic heterocycles. The van der Waals surface area contributed by atoms with Crippen molar-refractivity contribution in [3.63, 3.8) is 0 Å². The molecule has 1 unspecified atom stereocenters. The fraction of sp³-hybridized carbons (Fsp3) is 0.600. The van der Waals surface area contributed by atoms with Crippen molar-refractivity contribution in [3.8, 4) is 0 Å². The fourth-order valence-electron chi connectivity index (χ4n) is 1.60. The summed E-state index contributed by atoms with van der Waals surface area (Å²) in [6.07, 6.45) is 0. The molecule has 3 nitrogen and oxygen atoms in total. The van der Waals surface area contributed by atoms with Crippen molar-refractivity contribution in [3.05, 3.63) is 35.4 Å². The van der Waals surface area contributed by atoms with Gasteiger partial charge >= 0.3 is 0 Å². The van der Waals surface area contributed by atoms with Crippen LogP contribution in [0.25, 0.3) is 0 Å².